The SMILES string of the molecule is O=C(O)C1CC2CCC1N2C(=O)c1ccc(F)c(F)c1. The van der Waals surface area contributed by atoms with Gasteiger partial charge in [-0.1, -0.05) is 0 Å². The summed E-state index contributed by atoms with van der Waals surface area (Å²) >= 11 is 0. The Balaban J connectivity index is 1.88. The van der Waals surface area contributed by atoms with Gasteiger partial charge in [-0.15, -0.1) is 0 Å². The van der Waals surface area contributed by atoms with Crippen LogP contribution < -0.4 is 0 Å². The molecule has 4 nitrogen and oxygen atoms in total. The largest absolute Gasteiger partial charge is 0.481 e. The zero-order valence-electron chi connectivity index (χ0n) is 10.6. The lowest BCUT2D eigenvalue weighted by Gasteiger charge is -2.23. The fourth-order valence-corrected chi connectivity index (χ4v) is 3.35. The van der Waals surface area contributed by atoms with Gasteiger partial charge in [0.15, 0.2) is 11.6 Å². The van der Waals surface area contributed by atoms with Crippen LogP contribution in [0.1, 0.15) is 29.6 Å². The predicted octanol–water partition coefficient (Wildman–Crippen LogP) is 2.04. The third-order valence-corrected chi connectivity index (χ3v) is 4.26. The van der Waals surface area contributed by atoms with Crippen LogP contribution in [0.5, 0.6) is 0 Å². The Labute approximate surface area is 114 Å². The predicted molar refractivity (Wildman–Crippen MR) is 65.1 cm³/mol. The van der Waals surface area contributed by atoms with Crippen LogP contribution in [0.3, 0.4) is 0 Å². The Morgan fingerprint density at radius 1 is 1.20 bits per heavy atom. The summed E-state index contributed by atoms with van der Waals surface area (Å²) in [7, 11) is 0. The Morgan fingerprint density at radius 3 is 2.55 bits per heavy atom. The summed E-state index contributed by atoms with van der Waals surface area (Å²) in [4.78, 5) is 25.1. The van der Waals surface area contributed by atoms with Crippen LogP contribution in [-0.2, 0) is 4.79 Å². The molecule has 2 saturated heterocycles. The molecule has 3 unspecified atom stereocenters. The number of benzene rings is 1. The highest BCUT2D eigenvalue weighted by Gasteiger charge is 2.51. The number of rotatable bonds is 2. The summed E-state index contributed by atoms with van der Waals surface area (Å²) in [5, 5.41) is 9.14. The van der Waals surface area contributed by atoms with Crippen LogP contribution in [0.15, 0.2) is 18.2 Å². The summed E-state index contributed by atoms with van der Waals surface area (Å²) in [5.41, 5.74) is 0.0619. The van der Waals surface area contributed by atoms with Crippen molar-refractivity contribution < 1.29 is 23.5 Å². The molecule has 106 valence electrons. The van der Waals surface area contributed by atoms with Crippen molar-refractivity contribution in [3.05, 3.63) is 35.4 Å². The minimum Gasteiger partial charge on any atom is -0.481 e. The molecular weight excluding hydrogens is 268 g/mol. The van der Waals surface area contributed by atoms with E-state index in [9.17, 15) is 18.4 Å². The molecule has 2 bridgehead atoms. The minimum atomic E-state index is -1.07. The fourth-order valence-electron chi connectivity index (χ4n) is 3.35. The van der Waals surface area contributed by atoms with Crippen molar-refractivity contribution in [2.75, 3.05) is 0 Å². The number of aliphatic carboxylic acids is 1. The van der Waals surface area contributed by atoms with Gasteiger partial charge in [0.2, 0.25) is 0 Å². The number of halogens is 2. The van der Waals surface area contributed by atoms with E-state index in [1.807, 2.05) is 0 Å². The summed E-state index contributed by atoms with van der Waals surface area (Å²) in [6.45, 7) is 0. The maximum atomic E-state index is 13.2. The molecule has 1 aromatic carbocycles. The van der Waals surface area contributed by atoms with Crippen LogP contribution >= 0.6 is 0 Å². The van der Waals surface area contributed by atoms with Gasteiger partial charge >= 0.3 is 5.97 Å². The molecule has 2 aliphatic rings. The second-order valence-corrected chi connectivity index (χ2v) is 5.32. The first-order valence-electron chi connectivity index (χ1n) is 6.49. The van der Waals surface area contributed by atoms with Gasteiger partial charge in [0.05, 0.1) is 5.92 Å². The molecule has 3 atom stereocenters. The molecule has 0 aromatic heterocycles. The van der Waals surface area contributed by atoms with Crippen molar-refractivity contribution in [1.29, 1.82) is 0 Å². The minimum absolute atomic E-state index is 0.0619. The molecule has 1 N–H and O–H groups in total. The smallest absolute Gasteiger partial charge is 0.308 e. The number of carbonyl (C=O) groups excluding carboxylic acids is 1. The number of hydrogen-bond acceptors (Lipinski definition) is 2. The average molecular weight is 281 g/mol. The number of carbonyl (C=O) groups is 2. The molecule has 6 heteroatoms. The number of hydrogen-bond donors (Lipinski definition) is 1. The lowest BCUT2D eigenvalue weighted by Crippen LogP contribution is -2.37. The van der Waals surface area contributed by atoms with Gasteiger partial charge in [0.25, 0.3) is 5.91 Å². The highest BCUT2D eigenvalue weighted by molar-refractivity contribution is 5.95. The molecule has 2 heterocycles. The topological polar surface area (TPSA) is 57.6 Å². The zero-order chi connectivity index (χ0) is 14.4. The third kappa shape index (κ3) is 1.87. The number of fused-ring (bicyclic) bond motifs is 2. The Morgan fingerprint density at radius 2 is 1.95 bits per heavy atom. The number of carboxylic acids is 1. The molecule has 0 saturated carbocycles. The monoisotopic (exact) mass is 281 g/mol. The van der Waals surface area contributed by atoms with E-state index in [1.54, 1.807) is 0 Å². The first kappa shape index (κ1) is 13.0. The lowest BCUT2D eigenvalue weighted by atomic mass is 9.89. The van der Waals surface area contributed by atoms with Crippen LogP contribution in [0, 0.1) is 17.6 Å². The molecule has 20 heavy (non-hydrogen) atoms. The highest BCUT2D eigenvalue weighted by Crippen LogP contribution is 2.42. The molecule has 0 spiro atoms. The van der Waals surface area contributed by atoms with E-state index >= 15 is 0 Å². The zero-order valence-corrected chi connectivity index (χ0v) is 10.6. The fraction of sp³-hybridized carbons (Fsp3) is 0.429. The summed E-state index contributed by atoms with van der Waals surface area (Å²) in [6.07, 6.45) is 1.86. The number of carboxylic acid groups (broad SMARTS) is 1. The lowest BCUT2D eigenvalue weighted by molar-refractivity contribution is -0.142. The van der Waals surface area contributed by atoms with E-state index < -0.39 is 29.4 Å². The summed E-state index contributed by atoms with van der Waals surface area (Å²) < 4.78 is 26.1. The van der Waals surface area contributed by atoms with Gasteiger partial charge in [0.1, 0.15) is 0 Å². The molecule has 0 radical (unpaired) electrons. The normalized spacial score (nSPS) is 27.9. The van der Waals surface area contributed by atoms with E-state index in [-0.39, 0.29) is 17.6 Å². The third-order valence-electron chi connectivity index (χ3n) is 4.26. The van der Waals surface area contributed by atoms with Gasteiger partial charge in [-0.2, -0.15) is 0 Å². The average Bonchev–Trinajstić information content (AvgIpc) is 2.98. The maximum Gasteiger partial charge on any atom is 0.308 e. The molecule has 2 fully saturated rings. The van der Waals surface area contributed by atoms with Crippen molar-refractivity contribution in [3.63, 3.8) is 0 Å². The quantitative estimate of drug-likeness (QED) is 0.902. The van der Waals surface area contributed by atoms with Gasteiger partial charge < -0.3 is 10.0 Å². The van der Waals surface area contributed by atoms with Crippen molar-refractivity contribution in [3.8, 4) is 0 Å². The Kier molecular flexibility index (Phi) is 2.96. The number of amides is 1. The van der Waals surface area contributed by atoms with Gasteiger partial charge in [-0.25, -0.2) is 8.78 Å². The standard InChI is InChI=1S/C14H13F2NO3/c15-10-3-1-7(5-11(10)16)13(18)17-8-2-4-12(17)9(6-8)14(19)20/h1,3,5,8-9,12H,2,4,6H2,(H,19,20). The van der Waals surface area contributed by atoms with E-state index in [0.29, 0.717) is 12.8 Å². The van der Waals surface area contributed by atoms with E-state index in [2.05, 4.69) is 0 Å². The Bertz CT molecular complexity index is 590. The van der Waals surface area contributed by atoms with E-state index in [0.717, 1.165) is 18.6 Å². The molecule has 3 rings (SSSR count). The van der Waals surface area contributed by atoms with Crippen LogP contribution in [0.4, 0.5) is 8.78 Å². The van der Waals surface area contributed by atoms with Crippen molar-refractivity contribution >= 4 is 11.9 Å². The molecular formula is C14H13F2NO3. The van der Waals surface area contributed by atoms with Gasteiger partial charge in [0, 0.05) is 17.6 Å². The number of nitrogens with zero attached hydrogens (tertiary/aromatic N) is 1. The second kappa shape index (κ2) is 4.54. The van der Waals surface area contributed by atoms with E-state index in [1.165, 1.54) is 11.0 Å². The van der Waals surface area contributed by atoms with Crippen molar-refractivity contribution in [2.24, 2.45) is 5.92 Å². The first-order valence-corrected chi connectivity index (χ1v) is 6.49. The molecule has 2 aliphatic heterocycles. The second-order valence-electron chi connectivity index (χ2n) is 5.32. The van der Waals surface area contributed by atoms with Gasteiger partial charge in [-0.3, -0.25) is 9.59 Å². The molecule has 1 amide bonds. The van der Waals surface area contributed by atoms with Crippen LogP contribution in [0.25, 0.3) is 0 Å². The van der Waals surface area contributed by atoms with Crippen LogP contribution in [-0.4, -0.2) is 34.0 Å². The first-order chi connectivity index (χ1) is 9.49. The molecule has 1 aromatic rings. The van der Waals surface area contributed by atoms with E-state index in [4.69, 9.17) is 5.11 Å². The van der Waals surface area contributed by atoms with Crippen molar-refractivity contribution in [2.45, 2.75) is 31.3 Å². The molecule has 0 aliphatic carbocycles. The summed E-state index contributed by atoms with van der Waals surface area (Å²) in [6, 6.07) is 2.56. The van der Waals surface area contributed by atoms with Crippen molar-refractivity contribution in [1.82, 2.24) is 4.90 Å². The Hall–Kier alpha value is -1.98. The van der Waals surface area contributed by atoms with Gasteiger partial charge in [-0.05, 0) is 37.5 Å². The maximum absolute atomic E-state index is 13.2. The summed E-state index contributed by atoms with van der Waals surface area (Å²) in [5.74, 6) is -3.95. The highest BCUT2D eigenvalue weighted by atomic mass is 19.2. The van der Waals surface area contributed by atoms with Crippen LogP contribution in [0.2, 0.25) is 0 Å².